The minimum Gasteiger partial charge on any atom is -0.502 e. The van der Waals surface area contributed by atoms with Crippen LogP contribution < -0.4 is 0 Å². The molecular formula is C33H48O9. The minimum atomic E-state index is -1.29. The van der Waals surface area contributed by atoms with Crippen LogP contribution in [-0.2, 0) is 33.5 Å². The molecule has 0 radical (unpaired) electrons. The maximum atomic E-state index is 12.6. The van der Waals surface area contributed by atoms with E-state index in [4.69, 9.17) is 14.2 Å². The number of hydrogen-bond acceptors (Lipinski definition) is 6. The molecule has 0 fully saturated rings. The van der Waals surface area contributed by atoms with Gasteiger partial charge in [-0.25, -0.2) is 14.4 Å². The maximum absolute atomic E-state index is 12.6. The highest BCUT2D eigenvalue weighted by atomic mass is 16.5. The molecule has 0 amide bonds. The molecule has 0 aromatic heterocycles. The number of carboxylic acids is 3. The predicted octanol–water partition coefficient (Wildman–Crippen LogP) is 7.57. The Kier molecular flexibility index (Phi) is 18.9. The Balaban J connectivity index is 3.41. The zero-order chi connectivity index (χ0) is 31.2. The van der Waals surface area contributed by atoms with E-state index in [1.807, 2.05) is 0 Å². The Bertz CT molecular complexity index is 879. The molecule has 1 aromatic rings. The van der Waals surface area contributed by atoms with E-state index < -0.39 is 17.9 Å². The third-order valence-electron chi connectivity index (χ3n) is 7.12. The van der Waals surface area contributed by atoms with Crippen molar-refractivity contribution in [2.45, 2.75) is 96.3 Å². The molecule has 0 aliphatic rings. The Morgan fingerprint density at radius 2 is 0.690 bits per heavy atom. The molecule has 0 unspecified atom stereocenters. The molecule has 0 bridgehead atoms. The van der Waals surface area contributed by atoms with Gasteiger partial charge in [0.05, 0.1) is 55.3 Å². The van der Waals surface area contributed by atoms with Crippen molar-refractivity contribution in [3.8, 4) is 0 Å². The number of carboxylic acid groups (broad SMARTS) is 3. The third kappa shape index (κ3) is 12.8. The summed E-state index contributed by atoms with van der Waals surface area (Å²) >= 11 is 0. The van der Waals surface area contributed by atoms with E-state index in [9.17, 15) is 29.7 Å². The van der Waals surface area contributed by atoms with Crippen LogP contribution in [0.4, 0.5) is 0 Å². The van der Waals surface area contributed by atoms with E-state index in [0.717, 1.165) is 57.8 Å². The van der Waals surface area contributed by atoms with Crippen molar-refractivity contribution < 1.29 is 43.9 Å². The second-order valence-corrected chi connectivity index (χ2v) is 10.1. The molecule has 0 saturated carbocycles. The molecule has 0 aliphatic heterocycles. The molecule has 42 heavy (non-hydrogen) atoms. The number of aromatic carboxylic acids is 3. The molecule has 0 aliphatic carbocycles. The number of rotatable bonds is 27. The van der Waals surface area contributed by atoms with Gasteiger partial charge >= 0.3 is 17.9 Å². The number of unbranched alkanes of at least 4 members (excludes halogenated alkanes) is 9. The van der Waals surface area contributed by atoms with Crippen molar-refractivity contribution in [3.63, 3.8) is 0 Å². The molecule has 0 spiro atoms. The average Bonchev–Trinajstić information content (AvgIpc) is 2.94. The lowest BCUT2D eigenvalue weighted by atomic mass is 9.81. The van der Waals surface area contributed by atoms with Crippen LogP contribution in [0.15, 0.2) is 38.5 Å². The summed E-state index contributed by atoms with van der Waals surface area (Å²) in [5.74, 6) is -3.88. The maximum Gasteiger partial charge on any atom is 0.336 e. The summed E-state index contributed by atoms with van der Waals surface area (Å²) in [6.07, 6.45) is 13.7. The van der Waals surface area contributed by atoms with Gasteiger partial charge in [-0.15, -0.1) is 0 Å². The minimum absolute atomic E-state index is 0.167. The first-order valence-corrected chi connectivity index (χ1v) is 14.9. The lowest BCUT2D eigenvalue weighted by molar-refractivity contribution is 0.0693. The molecule has 0 heterocycles. The number of hydrogen-bond donors (Lipinski definition) is 3. The first kappa shape index (κ1) is 36.3. The van der Waals surface area contributed by atoms with Crippen molar-refractivity contribution in [1.82, 2.24) is 0 Å². The fraction of sp³-hybridized carbons (Fsp3) is 0.545. The van der Waals surface area contributed by atoms with E-state index in [0.29, 0.717) is 39.1 Å². The first-order chi connectivity index (χ1) is 20.3. The van der Waals surface area contributed by atoms with E-state index >= 15 is 0 Å². The highest BCUT2D eigenvalue weighted by Crippen LogP contribution is 2.33. The Hall–Kier alpha value is -3.75. The van der Waals surface area contributed by atoms with Crippen LogP contribution in [-0.4, -0.2) is 53.0 Å². The summed E-state index contributed by atoms with van der Waals surface area (Å²) < 4.78 is 15.4. The van der Waals surface area contributed by atoms with Crippen LogP contribution in [0, 0.1) is 0 Å². The predicted molar refractivity (Wildman–Crippen MR) is 162 cm³/mol. The summed E-state index contributed by atoms with van der Waals surface area (Å²) in [6.45, 7) is 12.1. The fourth-order valence-electron chi connectivity index (χ4n) is 5.22. The summed E-state index contributed by atoms with van der Waals surface area (Å²) in [5, 5.41) is 30.9. The van der Waals surface area contributed by atoms with Crippen LogP contribution >= 0.6 is 0 Å². The third-order valence-corrected chi connectivity index (χ3v) is 7.12. The number of ether oxygens (including phenoxy) is 3. The Morgan fingerprint density at radius 1 is 0.452 bits per heavy atom. The largest absolute Gasteiger partial charge is 0.502 e. The highest BCUT2D eigenvalue weighted by Gasteiger charge is 2.32. The van der Waals surface area contributed by atoms with Gasteiger partial charge in [-0.1, -0.05) is 58.3 Å². The van der Waals surface area contributed by atoms with Gasteiger partial charge in [0, 0.05) is 0 Å². The van der Waals surface area contributed by atoms with Gasteiger partial charge in [0.25, 0.3) is 0 Å². The van der Waals surface area contributed by atoms with Gasteiger partial charge in [-0.3, -0.25) is 0 Å². The quantitative estimate of drug-likeness (QED) is 0.0701. The molecule has 1 rings (SSSR count). The lowest BCUT2D eigenvalue weighted by Crippen LogP contribution is -2.22. The highest BCUT2D eigenvalue weighted by molar-refractivity contribution is 6.05. The average molecular weight is 589 g/mol. The zero-order valence-corrected chi connectivity index (χ0v) is 24.9. The van der Waals surface area contributed by atoms with Gasteiger partial charge in [-0.05, 0) is 74.5 Å². The van der Waals surface area contributed by atoms with Crippen LogP contribution in [0.5, 0.6) is 0 Å². The van der Waals surface area contributed by atoms with Gasteiger partial charge in [0.2, 0.25) is 0 Å². The summed E-state index contributed by atoms with van der Waals surface area (Å²) in [6, 6.07) is 0. The van der Waals surface area contributed by atoms with Crippen LogP contribution in [0.25, 0.3) is 0 Å². The first-order valence-electron chi connectivity index (χ1n) is 14.9. The molecule has 1 aromatic carbocycles. The zero-order valence-electron chi connectivity index (χ0n) is 24.9. The van der Waals surface area contributed by atoms with Crippen molar-refractivity contribution in [2.75, 3.05) is 19.8 Å². The molecule has 234 valence electrons. The number of carbonyl (C=O) groups is 3. The normalized spacial score (nSPS) is 10.6. The molecule has 3 N–H and O–H groups in total. The lowest BCUT2D eigenvalue weighted by Gasteiger charge is -2.22. The molecule has 0 saturated heterocycles. The fourth-order valence-corrected chi connectivity index (χ4v) is 5.22. The summed E-state index contributed by atoms with van der Waals surface area (Å²) in [4.78, 5) is 37.9. The SMILES string of the molecule is C=COCCCCCCc1c(C(=O)O)c(CCCCCCOC=C)c(C(=O)O)c(CCCCCCOC=C)c1C(=O)O. The number of benzene rings is 1. The molecule has 9 nitrogen and oxygen atoms in total. The monoisotopic (exact) mass is 588 g/mol. The van der Waals surface area contributed by atoms with Crippen molar-refractivity contribution in [1.29, 1.82) is 0 Å². The van der Waals surface area contributed by atoms with Gasteiger partial charge in [-0.2, -0.15) is 0 Å². The summed E-state index contributed by atoms with van der Waals surface area (Å²) in [7, 11) is 0. The standard InChI is InChI=1S/C33H48O9/c1-4-40-22-16-10-7-13-19-25-28(31(34)35)26(20-14-8-11-17-23-41-5-2)30(33(38)39)27(29(25)32(36)37)21-15-9-12-18-24-42-6-3/h4-6H,1-3,7-24H2,(H,34,35)(H,36,37)(H,38,39). The molecular weight excluding hydrogens is 540 g/mol. The van der Waals surface area contributed by atoms with Crippen molar-refractivity contribution in [3.05, 3.63) is 71.9 Å². The van der Waals surface area contributed by atoms with Crippen molar-refractivity contribution in [2.24, 2.45) is 0 Å². The Labute approximate surface area is 249 Å². The molecule has 9 heteroatoms. The topological polar surface area (TPSA) is 140 Å². The van der Waals surface area contributed by atoms with Crippen LogP contribution in [0.1, 0.15) is 125 Å². The Morgan fingerprint density at radius 3 is 0.905 bits per heavy atom. The second-order valence-electron chi connectivity index (χ2n) is 10.1. The van der Waals surface area contributed by atoms with Gasteiger partial charge < -0.3 is 29.5 Å². The van der Waals surface area contributed by atoms with E-state index in [1.165, 1.54) is 18.8 Å². The van der Waals surface area contributed by atoms with Gasteiger partial charge in [0.15, 0.2) is 0 Å². The van der Waals surface area contributed by atoms with Crippen LogP contribution in [0.2, 0.25) is 0 Å². The van der Waals surface area contributed by atoms with E-state index in [-0.39, 0.29) is 52.6 Å². The second kappa shape index (κ2) is 21.9. The van der Waals surface area contributed by atoms with Gasteiger partial charge in [0.1, 0.15) is 0 Å². The summed E-state index contributed by atoms with van der Waals surface area (Å²) in [5.41, 5.74) is 0.184. The van der Waals surface area contributed by atoms with Crippen molar-refractivity contribution >= 4 is 17.9 Å². The van der Waals surface area contributed by atoms with E-state index in [2.05, 4.69) is 19.7 Å². The smallest absolute Gasteiger partial charge is 0.336 e. The van der Waals surface area contributed by atoms with Crippen LogP contribution in [0.3, 0.4) is 0 Å². The molecule has 0 atom stereocenters. The van der Waals surface area contributed by atoms with E-state index in [1.54, 1.807) is 0 Å².